The molecule has 0 fully saturated rings. The third kappa shape index (κ3) is 2.56. The van der Waals surface area contributed by atoms with Gasteiger partial charge in [-0.2, -0.15) is 0 Å². The first-order valence-electron chi connectivity index (χ1n) is 7.24. The molecule has 4 heteroatoms. The minimum atomic E-state index is -0.701. The van der Waals surface area contributed by atoms with Crippen LogP contribution in [0.5, 0.6) is 23.0 Å². The lowest BCUT2D eigenvalue weighted by Crippen LogP contribution is -2.19. The van der Waals surface area contributed by atoms with E-state index in [2.05, 4.69) is 0 Å². The smallest absolute Gasteiger partial charge is 0.161 e. The highest BCUT2D eigenvalue weighted by Gasteiger charge is 2.29. The molecule has 4 N–H and O–H groups in total. The summed E-state index contributed by atoms with van der Waals surface area (Å²) >= 11 is 0. The molecule has 2 aromatic rings. The van der Waals surface area contributed by atoms with Crippen molar-refractivity contribution in [2.75, 3.05) is 0 Å². The maximum atomic E-state index is 10.2. The summed E-state index contributed by atoms with van der Waals surface area (Å²) in [6, 6.07) is 7.96. The van der Waals surface area contributed by atoms with Gasteiger partial charge in [0.1, 0.15) is 11.5 Å². The standard InChI is InChI=1S/C18H22O4/c1-10(2)16-14(20)8-11(9-15(16)21)18(3,4)12-6-5-7-13(19)17(12)22/h5-10,19-22H,1-4H3. The normalized spacial score (nSPS) is 11.9. The Morgan fingerprint density at radius 1 is 0.864 bits per heavy atom. The first-order chi connectivity index (χ1) is 10.2. The lowest BCUT2D eigenvalue weighted by Gasteiger charge is -2.28. The number of para-hydroxylation sites is 1. The Hall–Kier alpha value is -2.36. The predicted octanol–water partition coefficient (Wildman–Crippen LogP) is 3.96. The summed E-state index contributed by atoms with van der Waals surface area (Å²) in [5.41, 5.74) is 0.962. The summed E-state index contributed by atoms with van der Waals surface area (Å²) in [7, 11) is 0. The zero-order valence-corrected chi connectivity index (χ0v) is 13.3. The molecule has 0 bridgehead atoms. The molecule has 2 rings (SSSR count). The van der Waals surface area contributed by atoms with Crippen molar-refractivity contribution < 1.29 is 20.4 Å². The van der Waals surface area contributed by atoms with E-state index in [-0.39, 0.29) is 28.9 Å². The van der Waals surface area contributed by atoms with E-state index in [9.17, 15) is 20.4 Å². The average molecular weight is 302 g/mol. The molecule has 4 nitrogen and oxygen atoms in total. The van der Waals surface area contributed by atoms with Crippen LogP contribution in [0, 0.1) is 0 Å². The summed E-state index contributed by atoms with van der Waals surface area (Å²) in [6.45, 7) is 7.48. The third-order valence-electron chi connectivity index (χ3n) is 4.12. The van der Waals surface area contributed by atoms with Crippen molar-refractivity contribution in [3.8, 4) is 23.0 Å². The highest BCUT2D eigenvalue weighted by Crippen LogP contribution is 2.44. The van der Waals surface area contributed by atoms with Crippen molar-refractivity contribution in [2.45, 2.75) is 39.0 Å². The Labute approximate surface area is 130 Å². The fourth-order valence-electron chi connectivity index (χ4n) is 2.77. The molecule has 0 amide bonds. The van der Waals surface area contributed by atoms with Crippen LogP contribution in [0.1, 0.15) is 50.3 Å². The number of phenols is 4. The van der Waals surface area contributed by atoms with Crippen LogP contribution >= 0.6 is 0 Å². The second-order valence-corrected chi connectivity index (χ2v) is 6.38. The summed E-state index contributed by atoms with van der Waals surface area (Å²) in [5, 5.41) is 40.2. The Kier molecular flexibility index (Phi) is 3.96. The highest BCUT2D eigenvalue weighted by atomic mass is 16.3. The van der Waals surface area contributed by atoms with Gasteiger partial charge in [0.05, 0.1) is 0 Å². The van der Waals surface area contributed by atoms with Crippen LogP contribution in [0.15, 0.2) is 30.3 Å². The first kappa shape index (κ1) is 16.0. The number of rotatable bonds is 3. The molecule has 0 saturated carbocycles. The maximum Gasteiger partial charge on any atom is 0.161 e. The van der Waals surface area contributed by atoms with Gasteiger partial charge in [-0.15, -0.1) is 0 Å². The third-order valence-corrected chi connectivity index (χ3v) is 4.12. The maximum absolute atomic E-state index is 10.2. The van der Waals surface area contributed by atoms with Crippen LogP contribution in [-0.2, 0) is 5.41 Å². The molecule has 118 valence electrons. The van der Waals surface area contributed by atoms with Gasteiger partial charge >= 0.3 is 0 Å². The van der Waals surface area contributed by atoms with Gasteiger partial charge in [0.2, 0.25) is 0 Å². The monoisotopic (exact) mass is 302 g/mol. The van der Waals surface area contributed by atoms with E-state index in [0.717, 1.165) is 0 Å². The lowest BCUT2D eigenvalue weighted by molar-refractivity contribution is 0.391. The Morgan fingerprint density at radius 3 is 1.91 bits per heavy atom. The molecule has 0 saturated heterocycles. The Bertz CT molecular complexity index is 679. The molecule has 0 radical (unpaired) electrons. The minimum absolute atomic E-state index is 0.00802. The zero-order valence-electron chi connectivity index (χ0n) is 13.3. The fourth-order valence-corrected chi connectivity index (χ4v) is 2.77. The van der Waals surface area contributed by atoms with Crippen molar-refractivity contribution in [2.24, 2.45) is 0 Å². The molecule has 0 unspecified atom stereocenters. The SMILES string of the molecule is CC(C)c1c(O)cc(C(C)(C)c2cccc(O)c2O)cc1O. The van der Waals surface area contributed by atoms with Gasteiger partial charge < -0.3 is 20.4 Å². The zero-order chi connectivity index (χ0) is 16.7. The molecule has 22 heavy (non-hydrogen) atoms. The van der Waals surface area contributed by atoms with E-state index in [0.29, 0.717) is 16.7 Å². The molecule has 0 aliphatic rings. The predicted molar refractivity (Wildman–Crippen MR) is 85.8 cm³/mol. The van der Waals surface area contributed by atoms with Gasteiger partial charge in [0.15, 0.2) is 11.5 Å². The van der Waals surface area contributed by atoms with E-state index in [1.54, 1.807) is 24.3 Å². The van der Waals surface area contributed by atoms with Crippen molar-refractivity contribution in [3.05, 3.63) is 47.0 Å². The summed E-state index contributed by atoms with van der Waals surface area (Å²) in [5.74, 6) is -0.348. The number of hydrogen-bond donors (Lipinski definition) is 4. The summed E-state index contributed by atoms with van der Waals surface area (Å²) in [4.78, 5) is 0. The molecular formula is C18H22O4. The molecule has 0 aromatic heterocycles. The van der Waals surface area contributed by atoms with Gasteiger partial charge in [-0.25, -0.2) is 0 Å². The fraction of sp³-hybridized carbons (Fsp3) is 0.333. The van der Waals surface area contributed by atoms with Crippen LogP contribution in [-0.4, -0.2) is 20.4 Å². The van der Waals surface area contributed by atoms with E-state index >= 15 is 0 Å². The van der Waals surface area contributed by atoms with Gasteiger partial charge in [0, 0.05) is 16.5 Å². The van der Waals surface area contributed by atoms with Gasteiger partial charge in [-0.1, -0.05) is 39.8 Å². The number of aromatic hydroxyl groups is 4. The molecule has 0 atom stereocenters. The number of phenolic OH excluding ortho intramolecular Hbond substituents is 4. The second-order valence-electron chi connectivity index (χ2n) is 6.38. The van der Waals surface area contributed by atoms with E-state index < -0.39 is 5.41 Å². The Morgan fingerprint density at radius 2 is 1.41 bits per heavy atom. The van der Waals surface area contributed by atoms with Crippen LogP contribution in [0.25, 0.3) is 0 Å². The molecule has 2 aromatic carbocycles. The van der Waals surface area contributed by atoms with Crippen LogP contribution in [0.4, 0.5) is 0 Å². The van der Waals surface area contributed by atoms with Crippen molar-refractivity contribution >= 4 is 0 Å². The molecule has 0 heterocycles. The van der Waals surface area contributed by atoms with E-state index in [4.69, 9.17) is 0 Å². The van der Waals surface area contributed by atoms with E-state index in [1.165, 1.54) is 6.07 Å². The van der Waals surface area contributed by atoms with Gasteiger partial charge in [-0.3, -0.25) is 0 Å². The summed E-state index contributed by atoms with van der Waals surface area (Å²) in [6.07, 6.45) is 0. The largest absolute Gasteiger partial charge is 0.508 e. The van der Waals surface area contributed by atoms with Crippen LogP contribution in [0.2, 0.25) is 0 Å². The van der Waals surface area contributed by atoms with E-state index in [1.807, 2.05) is 27.7 Å². The van der Waals surface area contributed by atoms with Crippen molar-refractivity contribution in [3.63, 3.8) is 0 Å². The first-order valence-corrected chi connectivity index (χ1v) is 7.24. The van der Waals surface area contributed by atoms with Crippen molar-refractivity contribution in [1.82, 2.24) is 0 Å². The topological polar surface area (TPSA) is 80.9 Å². The van der Waals surface area contributed by atoms with Gasteiger partial charge in [0.25, 0.3) is 0 Å². The van der Waals surface area contributed by atoms with Crippen LogP contribution < -0.4 is 0 Å². The molecule has 0 aliphatic carbocycles. The minimum Gasteiger partial charge on any atom is -0.508 e. The average Bonchev–Trinajstić information content (AvgIpc) is 2.40. The lowest BCUT2D eigenvalue weighted by atomic mass is 9.76. The number of hydrogen-bond acceptors (Lipinski definition) is 4. The summed E-state index contributed by atoms with van der Waals surface area (Å²) < 4.78 is 0. The Balaban J connectivity index is 2.62. The molecule has 0 aliphatic heterocycles. The second kappa shape index (κ2) is 5.44. The van der Waals surface area contributed by atoms with Crippen LogP contribution in [0.3, 0.4) is 0 Å². The van der Waals surface area contributed by atoms with Gasteiger partial charge in [-0.05, 0) is 29.7 Å². The van der Waals surface area contributed by atoms with Crippen molar-refractivity contribution in [1.29, 1.82) is 0 Å². The molecular weight excluding hydrogens is 280 g/mol. The number of benzene rings is 2. The quantitative estimate of drug-likeness (QED) is 0.647. The molecule has 0 spiro atoms. The highest BCUT2D eigenvalue weighted by molar-refractivity contribution is 5.56.